The fourth-order valence-corrected chi connectivity index (χ4v) is 3.67. The SMILES string of the molecule is c1ccc2c(C3NNCC3CN3CCOCC3)cccc2c1. The Morgan fingerprint density at radius 1 is 1.05 bits per heavy atom. The maximum atomic E-state index is 5.46. The van der Waals surface area contributed by atoms with E-state index in [1.54, 1.807) is 0 Å². The molecule has 0 aliphatic carbocycles. The normalized spacial score (nSPS) is 26.5. The van der Waals surface area contributed by atoms with E-state index in [0.717, 1.165) is 39.4 Å². The van der Waals surface area contributed by atoms with Gasteiger partial charge in [-0.3, -0.25) is 10.3 Å². The van der Waals surface area contributed by atoms with E-state index in [4.69, 9.17) is 4.74 Å². The summed E-state index contributed by atoms with van der Waals surface area (Å²) in [5, 5.41) is 2.68. The molecule has 2 heterocycles. The number of morpholine rings is 1. The van der Waals surface area contributed by atoms with Crippen molar-refractivity contribution in [2.24, 2.45) is 5.92 Å². The third-order valence-electron chi connectivity index (χ3n) is 4.85. The summed E-state index contributed by atoms with van der Waals surface area (Å²) >= 11 is 0. The van der Waals surface area contributed by atoms with Crippen molar-refractivity contribution in [1.29, 1.82) is 0 Å². The molecule has 2 atom stereocenters. The number of rotatable bonds is 3. The van der Waals surface area contributed by atoms with E-state index in [-0.39, 0.29) is 0 Å². The predicted molar refractivity (Wildman–Crippen MR) is 88.6 cm³/mol. The van der Waals surface area contributed by atoms with Crippen molar-refractivity contribution < 1.29 is 4.74 Å². The van der Waals surface area contributed by atoms with Crippen LogP contribution >= 0.6 is 0 Å². The van der Waals surface area contributed by atoms with E-state index in [2.05, 4.69) is 58.2 Å². The van der Waals surface area contributed by atoms with E-state index in [1.807, 2.05) is 0 Å². The lowest BCUT2D eigenvalue weighted by Crippen LogP contribution is -2.40. The van der Waals surface area contributed by atoms with E-state index >= 15 is 0 Å². The van der Waals surface area contributed by atoms with Crippen LogP contribution in [0.3, 0.4) is 0 Å². The molecule has 2 aliphatic heterocycles. The monoisotopic (exact) mass is 297 g/mol. The Morgan fingerprint density at radius 3 is 2.77 bits per heavy atom. The third-order valence-corrected chi connectivity index (χ3v) is 4.85. The average molecular weight is 297 g/mol. The molecule has 2 saturated heterocycles. The van der Waals surface area contributed by atoms with Gasteiger partial charge in [-0.2, -0.15) is 0 Å². The van der Waals surface area contributed by atoms with Gasteiger partial charge in [-0.05, 0) is 16.3 Å². The second-order valence-electron chi connectivity index (χ2n) is 6.24. The molecule has 0 saturated carbocycles. The lowest BCUT2D eigenvalue weighted by Gasteiger charge is -2.31. The average Bonchev–Trinajstić information content (AvgIpc) is 3.03. The Labute approximate surface area is 131 Å². The molecule has 4 nitrogen and oxygen atoms in total. The predicted octanol–water partition coefficient (Wildman–Crippen LogP) is 1.94. The molecule has 2 N–H and O–H groups in total. The number of fused-ring (bicyclic) bond motifs is 1. The minimum atomic E-state index is 0.369. The number of hydrazine groups is 1. The van der Waals surface area contributed by atoms with Crippen LogP contribution in [-0.4, -0.2) is 44.3 Å². The second-order valence-corrected chi connectivity index (χ2v) is 6.24. The largest absolute Gasteiger partial charge is 0.379 e. The molecular formula is C18H23N3O. The van der Waals surface area contributed by atoms with Crippen molar-refractivity contribution in [3.8, 4) is 0 Å². The zero-order chi connectivity index (χ0) is 14.8. The molecule has 2 aromatic carbocycles. The number of hydrogen-bond acceptors (Lipinski definition) is 4. The van der Waals surface area contributed by atoms with Gasteiger partial charge in [0.05, 0.1) is 19.3 Å². The van der Waals surface area contributed by atoms with Crippen LogP contribution in [0.5, 0.6) is 0 Å². The summed E-state index contributed by atoms with van der Waals surface area (Å²) in [6.07, 6.45) is 0. The Kier molecular flexibility index (Phi) is 4.08. The molecule has 4 rings (SSSR count). The summed E-state index contributed by atoms with van der Waals surface area (Å²) in [6.45, 7) is 5.99. The minimum Gasteiger partial charge on any atom is -0.379 e. The first-order valence-electron chi connectivity index (χ1n) is 8.18. The van der Waals surface area contributed by atoms with Crippen molar-refractivity contribution in [3.63, 3.8) is 0 Å². The van der Waals surface area contributed by atoms with E-state index in [9.17, 15) is 0 Å². The van der Waals surface area contributed by atoms with Crippen LogP contribution in [0.4, 0.5) is 0 Å². The van der Waals surface area contributed by atoms with Gasteiger partial charge in [-0.1, -0.05) is 42.5 Å². The van der Waals surface area contributed by atoms with Crippen LogP contribution in [0.1, 0.15) is 11.6 Å². The van der Waals surface area contributed by atoms with Crippen LogP contribution in [0, 0.1) is 5.92 Å². The number of nitrogens with one attached hydrogen (secondary N) is 2. The molecule has 2 fully saturated rings. The molecule has 0 radical (unpaired) electrons. The molecule has 2 aromatic rings. The number of hydrogen-bond donors (Lipinski definition) is 2. The van der Waals surface area contributed by atoms with Crippen LogP contribution in [0.25, 0.3) is 10.8 Å². The highest BCUT2D eigenvalue weighted by Crippen LogP contribution is 2.31. The van der Waals surface area contributed by atoms with Gasteiger partial charge in [-0.15, -0.1) is 0 Å². The summed E-state index contributed by atoms with van der Waals surface area (Å²) < 4.78 is 5.46. The van der Waals surface area contributed by atoms with Crippen molar-refractivity contribution in [2.45, 2.75) is 6.04 Å². The van der Waals surface area contributed by atoms with Gasteiger partial charge in [0.15, 0.2) is 0 Å². The fraction of sp³-hybridized carbons (Fsp3) is 0.444. The molecule has 2 unspecified atom stereocenters. The lowest BCUT2D eigenvalue weighted by atomic mass is 9.90. The maximum absolute atomic E-state index is 5.46. The van der Waals surface area contributed by atoms with Gasteiger partial charge in [0.2, 0.25) is 0 Å². The van der Waals surface area contributed by atoms with Gasteiger partial charge in [0, 0.05) is 32.1 Å². The fourth-order valence-electron chi connectivity index (χ4n) is 3.67. The van der Waals surface area contributed by atoms with Crippen molar-refractivity contribution in [1.82, 2.24) is 15.8 Å². The standard InChI is InChI=1S/C18H23N3O/c1-2-6-16-14(4-1)5-3-7-17(16)18-15(12-19-20-18)13-21-8-10-22-11-9-21/h1-7,15,18-20H,8-13H2. The molecule has 22 heavy (non-hydrogen) atoms. The number of benzene rings is 2. The van der Waals surface area contributed by atoms with Crippen molar-refractivity contribution in [2.75, 3.05) is 39.4 Å². The van der Waals surface area contributed by atoms with Gasteiger partial charge in [0.25, 0.3) is 0 Å². The second kappa shape index (κ2) is 6.34. The van der Waals surface area contributed by atoms with Crippen LogP contribution < -0.4 is 10.9 Å². The molecular weight excluding hydrogens is 274 g/mol. The molecule has 2 aliphatic rings. The minimum absolute atomic E-state index is 0.369. The molecule has 116 valence electrons. The Morgan fingerprint density at radius 2 is 1.86 bits per heavy atom. The number of ether oxygens (including phenoxy) is 1. The topological polar surface area (TPSA) is 36.5 Å². The quantitative estimate of drug-likeness (QED) is 0.908. The van der Waals surface area contributed by atoms with Gasteiger partial charge in [-0.25, -0.2) is 5.43 Å². The Balaban J connectivity index is 1.59. The van der Waals surface area contributed by atoms with E-state index in [1.165, 1.54) is 16.3 Å². The first-order valence-corrected chi connectivity index (χ1v) is 8.18. The first-order chi connectivity index (χ1) is 10.9. The van der Waals surface area contributed by atoms with E-state index < -0.39 is 0 Å². The highest BCUT2D eigenvalue weighted by atomic mass is 16.5. The van der Waals surface area contributed by atoms with Gasteiger partial charge >= 0.3 is 0 Å². The summed E-state index contributed by atoms with van der Waals surface area (Å²) in [7, 11) is 0. The first kappa shape index (κ1) is 14.2. The smallest absolute Gasteiger partial charge is 0.0594 e. The van der Waals surface area contributed by atoms with Crippen molar-refractivity contribution >= 4 is 10.8 Å². The molecule has 0 amide bonds. The molecule has 0 spiro atoms. The third kappa shape index (κ3) is 2.75. The van der Waals surface area contributed by atoms with Crippen LogP contribution in [0.2, 0.25) is 0 Å². The van der Waals surface area contributed by atoms with Gasteiger partial charge < -0.3 is 4.74 Å². The summed E-state index contributed by atoms with van der Waals surface area (Å²) in [5.41, 5.74) is 8.27. The Hall–Kier alpha value is -1.46. The number of nitrogens with zero attached hydrogens (tertiary/aromatic N) is 1. The van der Waals surface area contributed by atoms with Crippen molar-refractivity contribution in [3.05, 3.63) is 48.0 Å². The van der Waals surface area contributed by atoms with Crippen LogP contribution in [0.15, 0.2) is 42.5 Å². The van der Waals surface area contributed by atoms with Gasteiger partial charge in [0.1, 0.15) is 0 Å². The summed E-state index contributed by atoms with van der Waals surface area (Å²) in [4.78, 5) is 2.53. The highest BCUT2D eigenvalue weighted by molar-refractivity contribution is 5.86. The summed E-state index contributed by atoms with van der Waals surface area (Å²) in [6, 6.07) is 15.7. The lowest BCUT2D eigenvalue weighted by molar-refractivity contribution is 0.0305. The molecule has 4 heteroatoms. The molecule has 0 bridgehead atoms. The van der Waals surface area contributed by atoms with Crippen LogP contribution in [-0.2, 0) is 4.74 Å². The maximum Gasteiger partial charge on any atom is 0.0594 e. The summed E-state index contributed by atoms with van der Waals surface area (Å²) in [5.74, 6) is 0.587. The van der Waals surface area contributed by atoms with E-state index in [0.29, 0.717) is 12.0 Å². The highest BCUT2D eigenvalue weighted by Gasteiger charge is 2.31. The zero-order valence-corrected chi connectivity index (χ0v) is 12.8. The Bertz CT molecular complexity index is 634. The molecule has 0 aromatic heterocycles. The zero-order valence-electron chi connectivity index (χ0n) is 12.8.